The number of hydrogen-bond acceptors (Lipinski definition) is 4. The van der Waals surface area contributed by atoms with Crippen LogP contribution in [0.5, 0.6) is 5.75 Å². The highest BCUT2D eigenvalue weighted by Gasteiger charge is 2.07. The monoisotopic (exact) mass is 344 g/mol. The van der Waals surface area contributed by atoms with Crippen molar-refractivity contribution < 1.29 is 5.11 Å². The van der Waals surface area contributed by atoms with E-state index in [9.17, 15) is 5.11 Å². The average molecular weight is 345 g/mol. The summed E-state index contributed by atoms with van der Waals surface area (Å²) in [6.45, 7) is 1.92. The molecule has 0 fully saturated rings. The van der Waals surface area contributed by atoms with E-state index in [1.54, 1.807) is 12.1 Å². The van der Waals surface area contributed by atoms with Gasteiger partial charge in [-0.15, -0.1) is 0 Å². The van der Waals surface area contributed by atoms with Crippen LogP contribution >= 0.6 is 15.9 Å². The first-order valence-corrected chi connectivity index (χ1v) is 7.16. The highest BCUT2D eigenvalue weighted by molar-refractivity contribution is 9.10. The van der Waals surface area contributed by atoms with Crippen molar-refractivity contribution in [2.45, 2.75) is 6.92 Å². The Morgan fingerprint density at radius 2 is 2.05 bits per heavy atom. The topological polar surface area (TPSA) is 73.8 Å². The molecule has 3 rings (SSSR count). The molecule has 2 aromatic heterocycles. The third-order valence-corrected chi connectivity index (χ3v) is 3.48. The summed E-state index contributed by atoms with van der Waals surface area (Å²) in [5.74, 6) is 0.944. The predicted octanol–water partition coefficient (Wildman–Crippen LogP) is 3.99. The highest BCUT2D eigenvalue weighted by atomic mass is 79.9. The van der Waals surface area contributed by atoms with E-state index >= 15 is 0 Å². The molecule has 0 radical (unpaired) electrons. The van der Waals surface area contributed by atoms with E-state index in [4.69, 9.17) is 0 Å². The number of nitrogens with zero attached hydrogens (tertiary/aromatic N) is 2. The van der Waals surface area contributed by atoms with Crippen LogP contribution < -0.4 is 5.32 Å². The molecule has 5 nitrogen and oxygen atoms in total. The van der Waals surface area contributed by atoms with E-state index in [-0.39, 0.29) is 5.75 Å². The van der Waals surface area contributed by atoms with Gasteiger partial charge in [-0.3, -0.25) is 5.10 Å². The van der Waals surface area contributed by atoms with Crippen molar-refractivity contribution in [1.82, 2.24) is 15.2 Å². The molecular formula is C15H13BrN4O. The molecule has 3 N–H and O–H groups in total. The molecule has 0 amide bonds. The number of aromatic amines is 1. The van der Waals surface area contributed by atoms with Crippen molar-refractivity contribution in [2.24, 2.45) is 0 Å². The molecule has 0 aliphatic carbocycles. The number of aromatic nitrogens is 3. The van der Waals surface area contributed by atoms with Crippen molar-refractivity contribution in [1.29, 1.82) is 0 Å². The quantitative estimate of drug-likeness (QED) is 0.496. The minimum absolute atomic E-state index is 0.249. The molecule has 0 aliphatic rings. The van der Waals surface area contributed by atoms with Crippen molar-refractivity contribution in [3.8, 4) is 17.1 Å². The molecule has 0 unspecified atom stereocenters. The van der Waals surface area contributed by atoms with Gasteiger partial charge in [-0.05, 0) is 58.7 Å². The van der Waals surface area contributed by atoms with Gasteiger partial charge in [0, 0.05) is 11.8 Å². The van der Waals surface area contributed by atoms with Gasteiger partial charge in [-0.1, -0.05) is 6.07 Å². The SMILES string of the molecule is Cc1cc(O)ccc1Nc1cc(-c2cccc(Br)n2)[nH]n1. The van der Waals surface area contributed by atoms with E-state index in [0.29, 0.717) is 5.82 Å². The van der Waals surface area contributed by atoms with Crippen molar-refractivity contribution in [2.75, 3.05) is 5.32 Å². The number of halogens is 1. The Labute approximate surface area is 130 Å². The Hall–Kier alpha value is -2.34. The molecule has 2 heterocycles. The Bertz CT molecular complexity index is 785. The molecular weight excluding hydrogens is 332 g/mol. The number of phenols is 1. The number of hydrogen-bond donors (Lipinski definition) is 3. The van der Waals surface area contributed by atoms with Gasteiger partial charge in [0.1, 0.15) is 10.4 Å². The maximum Gasteiger partial charge on any atom is 0.152 e. The van der Waals surface area contributed by atoms with Crippen LogP contribution in [-0.2, 0) is 0 Å². The molecule has 0 atom stereocenters. The van der Waals surface area contributed by atoms with Gasteiger partial charge in [0.05, 0.1) is 11.4 Å². The molecule has 0 aliphatic heterocycles. The van der Waals surface area contributed by atoms with E-state index < -0.39 is 0 Å². The van der Waals surface area contributed by atoms with Gasteiger partial charge in [0.25, 0.3) is 0 Å². The van der Waals surface area contributed by atoms with Crippen LogP contribution in [0.2, 0.25) is 0 Å². The van der Waals surface area contributed by atoms with Crippen LogP contribution in [0.1, 0.15) is 5.56 Å². The fourth-order valence-corrected chi connectivity index (χ4v) is 2.34. The Balaban J connectivity index is 1.85. The highest BCUT2D eigenvalue weighted by Crippen LogP contribution is 2.25. The summed E-state index contributed by atoms with van der Waals surface area (Å²) in [5.41, 5.74) is 3.48. The zero-order valence-electron chi connectivity index (χ0n) is 11.3. The minimum atomic E-state index is 0.249. The summed E-state index contributed by atoms with van der Waals surface area (Å²) in [6.07, 6.45) is 0. The molecule has 0 saturated heterocycles. The smallest absolute Gasteiger partial charge is 0.152 e. The fourth-order valence-electron chi connectivity index (χ4n) is 2.00. The van der Waals surface area contributed by atoms with Crippen LogP contribution in [0, 0.1) is 6.92 Å². The predicted molar refractivity (Wildman–Crippen MR) is 85.6 cm³/mol. The van der Waals surface area contributed by atoms with Crippen LogP contribution in [0.15, 0.2) is 47.1 Å². The number of pyridine rings is 1. The Morgan fingerprint density at radius 3 is 2.81 bits per heavy atom. The third kappa shape index (κ3) is 3.05. The van der Waals surface area contributed by atoms with Crippen LogP contribution in [-0.4, -0.2) is 20.3 Å². The summed E-state index contributed by atoms with van der Waals surface area (Å²) in [4.78, 5) is 4.38. The molecule has 0 bridgehead atoms. The lowest BCUT2D eigenvalue weighted by atomic mass is 10.2. The van der Waals surface area contributed by atoms with Crippen molar-refractivity contribution >= 4 is 27.4 Å². The lowest BCUT2D eigenvalue weighted by Gasteiger charge is -2.06. The number of H-pyrrole nitrogens is 1. The van der Waals surface area contributed by atoms with E-state index in [2.05, 4.69) is 36.4 Å². The molecule has 106 valence electrons. The first kappa shape index (κ1) is 13.6. The maximum atomic E-state index is 9.42. The molecule has 1 aromatic carbocycles. The van der Waals surface area contributed by atoms with Crippen molar-refractivity contribution in [3.63, 3.8) is 0 Å². The number of nitrogens with one attached hydrogen (secondary N) is 2. The maximum absolute atomic E-state index is 9.42. The number of aromatic hydroxyl groups is 1. The fraction of sp³-hybridized carbons (Fsp3) is 0.0667. The number of anilines is 2. The first-order valence-electron chi connectivity index (χ1n) is 6.37. The van der Waals surface area contributed by atoms with Gasteiger partial charge in [0.15, 0.2) is 5.82 Å². The molecule has 21 heavy (non-hydrogen) atoms. The summed E-state index contributed by atoms with van der Waals surface area (Å²) in [7, 11) is 0. The van der Waals surface area contributed by atoms with E-state index in [1.807, 2.05) is 37.3 Å². The summed E-state index contributed by atoms with van der Waals surface area (Å²) in [5, 5.41) is 19.8. The number of benzene rings is 1. The second-order valence-electron chi connectivity index (χ2n) is 4.64. The lowest BCUT2D eigenvalue weighted by Crippen LogP contribution is -1.92. The van der Waals surface area contributed by atoms with Crippen LogP contribution in [0.25, 0.3) is 11.4 Å². The largest absolute Gasteiger partial charge is 0.508 e. The summed E-state index contributed by atoms with van der Waals surface area (Å²) < 4.78 is 0.776. The molecule has 0 saturated carbocycles. The second kappa shape index (κ2) is 5.57. The van der Waals surface area contributed by atoms with Crippen LogP contribution in [0.4, 0.5) is 11.5 Å². The first-order chi connectivity index (χ1) is 10.1. The third-order valence-electron chi connectivity index (χ3n) is 3.04. The molecule has 6 heteroatoms. The number of aryl methyl sites for hydroxylation is 1. The normalized spacial score (nSPS) is 10.6. The van der Waals surface area contributed by atoms with E-state index in [0.717, 1.165) is 27.2 Å². The van der Waals surface area contributed by atoms with Crippen LogP contribution in [0.3, 0.4) is 0 Å². The lowest BCUT2D eigenvalue weighted by molar-refractivity contribution is 0.475. The number of rotatable bonds is 3. The molecule has 0 spiro atoms. The minimum Gasteiger partial charge on any atom is -0.508 e. The number of phenolic OH excluding ortho intramolecular Hbond substituents is 1. The summed E-state index contributed by atoms with van der Waals surface area (Å²) >= 11 is 3.35. The summed E-state index contributed by atoms with van der Waals surface area (Å²) in [6, 6.07) is 12.7. The second-order valence-corrected chi connectivity index (χ2v) is 5.45. The van der Waals surface area contributed by atoms with Gasteiger partial charge in [0.2, 0.25) is 0 Å². The van der Waals surface area contributed by atoms with Crippen molar-refractivity contribution in [3.05, 3.63) is 52.6 Å². The Morgan fingerprint density at radius 1 is 1.19 bits per heavy atom. The zero-order chi connectivity index (χ0) is 14.8. The van der Waals surface area contributed by atoms with Gasteiger partial charge >= 0.3 is 0 Å². The Kier molecular flexibility index (Phi) is 3.62. The molecule has 3 aromatic rings. The standard InChI is InChI=1S/C15H13BrN4O/c1-9-7-10(21)5-6-11(9)18-15-8-13(19-20-15)12-3-2-4-14(16)17-12/h2-8,21H,1H3,(H2,18,19,20). The zero-order valence-corrected chi connectivity index (χ0v) is 12.8. The average Bonchev–Trinajstić information content (AvgIpc) is 2.91. The van der Waals surface area contributed by atoms with Gasteiger partial charge in [-0.25, -0.2) is 4.98 Å². The van der Waals surface area contributed by atoms with Gasteiger partial charge < -0.3 is 10.4 Å². The van der Waals surface area contributed by atoms with Gasteiger partial charge in [-0.2, -0.15) is 5.10 Å². The van der Waals surface area contributed by atoms with E-state index in [1.165, 1.54) is 0 Å².